The largest absolute Gasteiger partial charge is 0.478 e. The summed E-state index contributed by atoms with van der Waals surface area (Å²) in [4.78, 5) is 15.2. The first kappa shape index (κ1) is 11.5. The van der Waals surface area contributed by atoms with Gasteiger partial charge in [-0.3, -0.25) is 4.98 Å². The number of carboxylic acids is 1. The summed E-state index contributed by atoms with van der Waals surface area (Å²) in [5, 5.41) is 10.0. The van der Waals surface area contributed by atoms with Crippen LogP contribution < -0.4 is 0 Å². The minimum absolute atomic E-state index is 0.338. The van der Waals surface area contributed by atoms with Crippen molar-refractivity contribution in [1.82, 2.24) is 9.55 Å². The molecule has 3 aromatic rings. The van der Waals surface area contributed by atoms with E-state index in [0.29, 0.717) is 12.1 Å². The van der Waals surface area contributed by atoms with Crippen LogP contribution in [-0.2, 0) is 6.54 Å². The van der Waals surface area contributed by atoms with Crippen molar-refractivity contribution < 1.29 is 9.90 Å². The zero-order chi connectivity index (χ0) is 13.2. The van der Waals surface area contributed by atoms with Crippen LogP contribution in [0.2, 0.25) is 0 Å². The molecule has 94 valence electrons. The Morgan fingerprint density at radius 3 is 2.63 bits per heavy atom. The summed E-state index contributed by atoms with van der Waals surface area (Å²) < 4.78 is 1.95. The third-order valence-electron chi connectivity index (χ3n) is 3.12. The lowest BCUT2D eigenvalue weighted by Gasteiger charge is -2.04. The molecule has 3 rings (SSSR count). The Kier molecular flexibility index (Phi) is 2.76. The Hall–Kier alpha value is -2.62. The van der Waals surface area contributed by atoms with E-state index >= 15 is 0 Å². The van der Waals surface area contributed by atoms with Crippen molar-refractivity contribution in [3.05, 3.63) is 66.1 Å². The Bertz CT molecular complexity index is 732. The zero-order valence-corrected chi connectivity index (χ0v) is 10.2. The van der Waals surface area contributed by atoms with E-state index in [2.05, 4.69) is 4.98 Å². The molecule has 0 fully saturated rings. The number of hydrogen-bond donors (Lipinski definition) is 1. The third kappa shape index (κ3) is 2.08. The predicted octanol–water partition coefficient (Wildman–Crippen LogP) is 2.78. The molecule has 0 aliphatic carbocycles. The molecule has 19 heavy (non-hydrogen) atoms. The van der Waals surface area contributed by atoms with Gasteiger partial charge in [0.1, 0.15) is 0 Å². The first-order valence-electron chi connectivity index (χ1n) is 5.96. The van der Waals surface area contributed by atoms with Crippen molar-refractivity contribution in [3.8, 4) is 0 Å². The van der Waals surface area contributed by atoms with Crippen molar-refractivity contribution in [2.45, 2.75) is 6.54 Å². The summed E-state index contributed by atoms with van der Waals surface area (Å²) in [6.07, 6.45) is 5.16. The van der Waals surface area contributed by atoms with Crippen LogP contribution in [0.15, 0.2) is 55.0 Å². The summed E-state index contributed by atoms with van der Waals surface area (Å²) in [7, 11) is 0. The normalized spacial score (nSPS) is 10.7. The number of hydrogen-bond acceptors (Lipinski definition) is 2. The molecule has 4 nitrogen and oxygen atoms in total. The van der Waals surface area contributed by atoms with E-state index in [9.17, 15) is 9.90 Å². The van der Waals surface area contributed by atoms with Crippen molar-refractivity contribution in [3.63, 3.8) is 0 Å². The maximum absolute atomic E-state index is 11.3. The maximum Gasteiger partial charge on any atom is 0.337 e. The van der Waals surface area contributed by atoms with Gasteiger partial charge >= 0.3 is 5.97 Å². The van der Waals surface area contributed by atoms with Crippen molar-refractivity contribution in [2.75, 3.05) is 0 Å². The van der Waals surface area contributed by atoms with Crippen molar-refractivity contribution in [2.24, 2.45) is 0 Å². The highest BCUT2D eigenvalue weighted by molar-refractivity contribution is 6.03. The van der Waals surface area contributed by atoms with Crippen LogP contribution in [0.1, 0.15) is 15.9 Å². The van der Waals surface area contributed by atoms with Crippen LogP contribution in [0.5, 0.6) is 0 Å². The van der Waals surface area contributed by atoms with Crippen LogP contribution in [0.4, 0.5) is 0 Å². The molecule has 0 aliphatic rings. The molecule has 0 bridgehead atoms. The van der Waals surface area contributed by atoms with E-state index in [1.54, 1.807) is 18.6 Å². The summed E-state index contributed by atoms with van der Waals surface area (Å²) in [6, 6.07) is 11.4. The molecule has 1 aromatic carbocycles. The molecule has 1 N–H and O–H groups in total. The predicted molar refractivity (Wildman–Crippen MR) is 72.2 cm³/mol. The smallest absolute Gasteiger partial charge is 0.337 e. The number of nitrogens with zero attached hydrogens (tertiary/aromatic N) is 2. The molecule has 2 heterocycles. The van der Waals surface area contributed by atoms with Gasteiger partial charge in [0.05, 0.1) is 5.56 Å². The van der Waals surface area contributed by atoms with Crippen molar-refractivity contribution in [1.29, 1.82) is 0 Å². The summed E-state index contributed by atoms with van der Waals surface area (Å²) in [5.41, 5.74) is 2.36. The third-order valence-corrected chi connectivity index (χ3v) is 3.12. The fourth-order valence-electron chi connectivity index (χ4n) is 2.23. The Labute approximate surface area is 109 Å². The van der Waals surface area contributed by atoms with Crippen LogP contribution >= 0.6 is 0 Å². The lowest BCUT2D eigenvalue weighted by molar-refractivity contribution is 0.0699. The topological polar surface area (TPSA) is 55.1 Å². The lowest BCUT2D eigenvalue weighted by atomic mass is 10.2. The molecule has 0 unspecified atom stereocenters. The fraction of sp³-hybridized carbons (Fsp3) is 0.0667. The van der Waals surface area contributed by atoms with Gasteiger partial charge < -0.3 is 9.67 Å². The van der Waals surface area contributed by atoms with E-state index in [0.717, 1.165) is 16.5 Å². The standard InChI is InChI=1S/C15H12N2O2/c18-15(19)13-10-17(9-11-5-7-16-8-6-11)14-4-2-1-3-12(13)14/h1-8,10H,9H2,(H,18,19). The fourth-order valence-corrected chi connectivity index (χ4v) is 2.23. The maximum atomic E-state index is 11.3. The number of benzene rings is 1. The highest BCUT2D eigenvalue weighted by Crippen LogP contribution is 2.22. The average molecular weight is 252 g/mol. The van der Waals surface area contributed by atoms with Gasteiger partial charge in [-0.2, -0.15) is 0 Å². The van der Waals surface area contributed by atoms with Gasteiger partial charge in [0, 0.05) is 36.0 Å². The number of rotatable bonds is 3. The number of pyridine rings is 1. The zero-order valence-electron chi connectivity index (χ0n) is 10.2. The lowest BCUT2D eigenvalue weighted by Crippen LogP contribution is -1.98. The van der Waals surface area contributed by atoms with E-state index < -0.39 is 5.97 Å². The van der Waals surface area contributed by atoms with Gasteiger partial charge in [-0.25, -0.2) is 4.79 Å². The quantitative estimate of drug-likeness (QED) is 0.779. The molecule has 0 saturated heterocycles. The van der Waals surface area contributed by atoms with Crippen LogP contribution in [0, 0.1) is 0 Å². The summed E-state index contributed by atoms with van der Waals surface area (Å²) in [5.74, 6) is -0.898. The van der Waals surface area contributed by atoms with Gasteiger partial charge in [0.15, 0.2) is 0 Å². The van der Waals surface area contributed by atoms with Crippen LogP contribution in [0.3, 0.4) is 0 Å². The van der Waals surface area contributed by atoms with Gasteiger partial charge in [-0.15, -0.1) is 0 Å². The molecule has 4 heteroatoms. The highest BCUT2D eigenvalue weighted by atomic mass is 16.4. The molecule has 0 saturated carbocycles. The number of para-hydroxylation sites is 1. The molecular formula is C15H12N2O2. The molecule has 0 amide bonds. The molecule has 0 aliphatic heterocycles. The Balaban J connectivity index is 2.11. The number of aromatic nitrogens is 2. The summed E-state index contributed by atoms with van der Waals surface area (Å²) in [6.45, 7) is 0.635. The first-order chi connectivity index (χ1) is 9.25. The van der Waals surface area contributed by atoms with E-state index in [-0.39, 0.29) is 0 Å². The number of carbonyl (C=O) groups is 1. The van der Waals surface area contributed by atoms with Gasteiger partial charge in [0.2, 0.25) is 0 Å². The van der Waals surface area contributed by atoms with Crippen LogP contribution in [0.25, 0.3) is 10.9 Å². The molecular weight excluding hydrogens is 240 g/mol. The first-order valence-corrected chi connectivity index (χ1v) is 5.96. The molecule has 0 radical (unpaired) electrons. The van der Waals surface area contributed by atoms with Crippen LogP contribution in [-0.4, -0.2) is 20.6 Å². The number of carboxylic acid groups (broad SMARTS) is 1. The second-order valence-corrected chi connectivity index (χ2v) is 4.35. The van der Waals surface area contributed by atoms with Crippen molar-refractivity contribution >= 4 is 16.9 Å². The number of fused-ring (bicyclic) bond motifs is 1. The Morgan fingerprint density at radius 2 is 1.89 bits per heavy atom. The monoisotopic (exact) mass is 252 g/mol. The highest BCUT2D eigenvalue weighted by Gasteiger charge is 2.13. The minimum Gasteiger partial charge on any atom is -0.478 e. The van der Waals surface area contributed by atoms with Gasteiger partial charge in [0.25, 0.3) is 0 Å². The second kappa shape index (κ2) is 4.57. The van der Waals surface area contributed by atoms with E-state index in [4.69, 9.17) is 0 Å². The average Bonchev–Trinajstić information content (AvgIpc) is 2.79. The van der Waals surface area contributed by atoms with E-state index in [1.165, 1.54) is 0 Å². The molecule has 2 aromatic heterocycles. The number of aromatic carboxylic acids is 1. The minimum atomic E-state index is -0.898. The SMILES string of the molecule is O=C(O)c1cn(Cc2ccncc2)c2ccccc12. The molecule has 0 spiro atoms. The van der Waals surface area contributed by atoms with Gasteiger partial charge in [-0.05, 0) is 23.8 Å². The Morgan fingerprint density at radius 1 is 1.16 bits per heavy atom. The summed E-state index contributed by atoms with van der Waals surface area (Å²) >= 11 is 0. The molecule has 0 atom stereocenters. The van der Waals surface area contributed by atoms with E-state index in [1.807, 2.05) is 41.0 Å². The second-order valence-electron chi connectivity index (χ2n) is 4.35. The van der Waals surface area contributed by atoms with Gasteiger partial charge in [-0.1, -0.05) is 18.2 Å².